The van der Waals surface area contributed by atoms with Crippen molar-refractivity contribution in [2.24, 2.45) is 0 Å². The quantitative estimate of drug-likeness (QED) is 0.841. The molecule has 0 aliphatic heterocycles. The molecule has 2 aromatic rings. The van der Waals surface area contributed by atoms with Crippen LogP contribution in [0.15, 0.2) is 36.5 Å². The van der Waals surface area contributed by atoms with Crippen molar-refractivity contribution >= 4 is 11.6 Å². The van der Waals surface area contributed by atoms with Crippen LogP contribution in [-0.4, -0.2) is 10.1 Å². The van der Waals surface area contributed by atoms with Crippen molar-refractivity contribution in [3.8, 4) is 11.3 Å². The van der Waals surface area contributed by atoms with Crippen LogP contribution in [-0.2, 0) is 6.61 Å². The van der Waals surface area contributed by atoms with Gasteiger partial charge in [-0.05, 0) is 29.8 Å². The van der Waals surface area contributed by atoms with Gasteiger partial charge in [-0.1, -0.05) is 23.7 Å². The molecule has 1 aromatic carbocycles. The molecule has 0 aliphatic carbocycles. The number of aliphatic hydroxyl groups excluding tert-OH is 1. The minimum absolute atomic E-state index is 0.0157. The molecule has 1 N–H and O–H groups in total. The zero-order valence-corrected chi connectivity index (χ0v) is 8.70. The number of nitrogens with zero attached hydrogens (tertiary/aromatic N) is 1. The molecule has 0 aliphatic rings. The molecule has 15 heavy (non-hydrogen) atoms. The van der Waals surface area contributed by atoms with Gasteiger partial charge in [-0.15, -0.1) is 0 Å². The summed E-state index contributed by atoms with van der Waals surface area (Å²) in [6, 6.07) is 11.8. The van der Waals surface area contributed by atoms with Crippen molar-refractivity contribution in [3.05, 3.63) is 53.2 Å². The van der Waals surface area contributed by atoms with E-state index in [4.69, 9.17) is 11.6 Å². The summed E-state index contributed by atoms with van der Waals surface area (Å²) in [5.74, 6) is 0. The van der Waals surface area contributed by atoms with Gasteiger partial charge in [0.25, 0.3) is 0 Å². The number of aromatic nitrogens is 1. The van der Waals surface area contributed by atoms with E-state index in [0.717, 1.165) is 16.8 Å². The summed E-state index contributed by atoms with van der Waals surface area (Å²) in [6.45, 7) is -0.0157. The van der Waals surface area contributed by atoms with Gasteiger partial charge in [0.1, 0.15) is 0 Å². The minimum atomic E-state index is -0.0157. The lowest BCUT2D eigenvalue weighted by Crippen LogP contribution is -1.90. The van der Waals surface area contributed by atoms with Crippen LogP contribution < -0.4 is 0 Å². The predicted molar refractivity (Wildman–Crippen MR) is 59.4 cm³/mol. The fourth-order valence-corrected chi connectivity index (χ4v) is 1.55. The molecule has 0 atom stereocenters. The standard InChI is InChI=1S/C12H9ClNO/c13-10-5-6-14-12(7-10)11-4-2-1-3-9(11)8-15/h1,3-7,15H,8H2. The second-order valence-corrected chi connectivity index (χ2v) is 3.54. The van der Waals surface area contributed by atoms with Crippen LogP contribution in [0.5, 0.6) is 0 Å². The smallest absolute Gasteiger partial charge is 0.0720 e. The van der Waals surface area contributed by atoms with E-state index in [1.54, 1.807) is 30.5 Å². The van der Waals surface area contributed by atoms with Crippen molar-refractivity contribution in [2.45, 2.75) is 6.61 Å². The second kappa shape index (κ2) is 4.43. The van der Waals surface area contributed by atoms with E-state index in [1.165, 1.54) is 0 Å². The Morgan fingerprint density at radius 3 is 3.00 bits per heavy atom. The molecule has 1 radical (unpaired) electrons. The fourth-order valence-electron chi connectivity index (χ4n) is 1.39. The number of aliphatic hydroxyl groups is 1. The summed E-state index contributed by atoms with van der Waals surface area (Å²) in [5.41, 5.74) is 2.44. The first-order valence-corrected chi connectivity index (χ1v) is 4.91. The normalized spacial score (nSPS) is 10.3. The summed E-state index contributed by atoms with van der Waals surface area (Å²) < 4.78 is 0. The van der Waals surface area contributed by atoms with Crippen LogP contribution in [0, 0.1) is 6.07 Å². The molecule has 1 heterocycles. The molecule has 0 amide bonds. The number of hydrogen-bond acceptors (Lipinski definition) is 2. The predicted octanol–water partition coefficient (Wildman–Crippen LogP) is 2.69. The molecule has 1 aromatic heterocycles. The van der Waals surface area contributed by atoms with Gasteiger partial charge >= 0.3 is 0 Å². The Morgan fingerprint density at radius 1 is 1.40 bits per heavy atom. The Balaban J connectivity index is 2.53. The molecule has 0 fully saturated rings. The third-order valence-electron chi connectivity index (χ3n) is 2.12. The number of hydrogen-bond donors (Lipinski definition) is 1. The van der Waals surface area contributed by atoms with E-state index in [0.29, 0.717) is 5.02 Å². The summed E-state index contributed by atoms with van der Waals surface area (Å²) in [4.78, 5) is 4.20. The lowest BCUT2D eigenvalue weighted by molar-refractivity contribution is 0.282. The number of pyridine rings is 1. The molecule has 3 heteroatoms. The summed E-state index contributed by atoms with van der Waals surface area (Å²) in [6.07, 6.45) is 1.64. The Hall–Kier alpha value is -1.38. The highest BCUT2D eigenvalue weighted by Gasteiger charge is 2.04. The Bertz CT molecular complexity index is 471. The summed E-state index contributed by atoms with van der Waals surface area (Å²) in [7, 11) is 0. The maximum atomic E-state index is 9.17. The van der Waals surface area contributed by atoms with Gasteiger partial charge in [-0.25, -0.2) is 0 Å². The first kappa shape index (κ1) is 10.1. The number of benzene rings is 1. The van der Waals surface area contributed by atoms with Gasteiger partial charge < -0.3 is 5.11 Å². The van der Waals surface area contributed by atoms with Crippen LogP contribution in [0.4, 0.5) is 0 Å². The zero-order chi connectivity index (χ0) is 10.7. The van der Waals surface area contributed by atoms with Crippen molar-refractivity contribution in [3.63, 3.8) is 0 Å². The summed E-state index contributed by atoms with van der Waals surface area (Å²) >= 11 is 5.88. The van der Waals surface area contributed by atoms with Gasteiger partial charge in [0.2, 0.25) is 0 Å². The zero-order valence-electron chi connectivity index (χ0n) is 7.94. The highest BCUT2D eigenvalue weighted by molar-refractivity contribution is 6.30. The van der Waals surface area contributed by atoms with Gasteiger partial charge in [0, 0.05) is 16.8 Å². The van der Waals surface area contributed by atoms with Crippen molar-refractivity contribution < 1.29 is 5.11 Å². The number of halogens is 1. The van der Waals surface area contributed by atoms with E-state index in [-0.39, 0.29) is 6.61 Å². The molecule has 75 valence electrons. The average Bonchev–Trinajstić information content (AvgIpc) is 2.29. The minimum Gasteiger partial charge on any atom is -0.392 e. The van der Waals surface area contributed by atoms with E-state index in [9.17, 15) is 5.11 Å². The van der Waals surface area contributed by atoms with Crippen LogP contribution >= 0.6 is 11.6 Å². The third-order valence-corrected chi connectivity index (χ3v) is 2.36. The largest absolute Gasteiger partial charge is 0.392 e. The van der Waals surface area contributed by atoms with Crippen LogP contribution in [0.2, 0.25) is 5.02 Å². The van der Waals surface area contributed by atoms with Crippen molar-refractivity contribution in [1.29, 1.82) is 0 Å². The molecule has 2 nitrogen and oxygen atoms in total. The molecular formula is C12H9ClNO. The lowest BCUT2D eigenvalue weighted by atomic mass is 10.0. The third kappa shape index (κ3) is 2.17. The molecular weight excluding hydrogens is 210 g/mol. The molecule has 0 bridgehead atoms. The first-order valence-electron chi connectivity index (χ1n) is 4.53. The topological polar surface area (TPSA) is 33.1 Å². The van der Waals surface area contributed by atoms with Crippen molar-refractivity contribution in [2.75, 3.05) is 0 Å². The SMILES string of the molecule is OCc1cc[c]cc1-c1cc(Cl)ccn1. The Morgan fingerprint density at radius 2 is 2.27 bits per heavy atom. The van der Waals surface area contributed by atoms with E-state index < -0.39 is 0 Å². The molecule has 0 saturated heterocycles. The van der Waals surface area contributed by atoms with Gasteiger partial charge in [0.15, 0.2) is 0 Å². The highest BCUT2D eigenvalue weighted by atomic mass is 35.5. The maximum Gasteiger partial charge on any atom is 0.0720 e. The Kier molecular flexibility index (Phi) is 2.99. The highest BCUT2D eigenvalue weighted by Crippen LogP contribution is 2.23. The van der Waals surface area contributed by atoms with Crippen LogP contribution in [0.25, 0.3) is 11.3 Å². The number of rotatable bonds is 2. The monoisotopic (exact) mass is 218 g/mol. The first-order chi connectivity index (χ1) is 7.31. The van der Waals surface area contributed by atoms with E-state index >= 15 is 0 Å². The lowest BCUT2D eigenvalue weighted by Gasteiger charge is -2.05. The Labute approximate surface area is 93.2 Å². The molecule has 0 saturated carbocycles. The van der Waals surface area contributed by atoms with Gasteiger partial charge in [-0.3, -0.25) is 4.98 Å². The summed E-state index contributed by atoms with van der Waals surface area (Å²) in [5, 5.41) is 9.81. The van der Waals surface area contributed by atoms with Crippen molar-refractivity contribution in [1.82, 2.24) is 4.98 Å². The van der Waals surface area contributed by atoms with E-state index in [1.807, 2.05) is 6.07 Å². The molecule has 0 unspecified atom stereocenters. The van der Waals surface area contributed by atoms with E-state index in [2.05, 4.69) is 11.1 Å². The van der Waals surface area contributed by atoms with Crippen LogP contribution in [0.1, 0.15) is 5.56 Å². The second-order valence-electron chi connectivity index (χ2n) is 3.10. The average molecular weight is 219 g/mol. The molecule has 2 rings (SSSR count). The molecule has 0 spiro atoms. The maximum absolute atomic E-state index is 9.17. The van der Waals surface area contributed by atoms with Crippen LogP contribution in [0.3, 0.4) is 0 Å². The van der Waals surface area contributed by atoms with Gasteiger partial charge in [0.05, 0.1) is 12.3 Å². The van der Waals surface area contributed by atoms with Gasteiger partial charge in [-0.2, -0.15) is 0 Å². The fraction of sp³-hybridized carbons (Fsp3) is 0.0833.